The van der Waals surface area contributed by atoms with Crippen LogP contribution < -0.4 is 11.5 Å². The zero-order chi connectivity index (χ0) is 12.5. The summed E-state index contributed by atoms with van der Waals surface area (Å²) in [7, 11) is 0. The average Bonchev–Trinajstić information content (AvgIpc) is 2.14. The molecule has 0 aliphatic heterocycles. The highest BCUT2D eigenvalue weighted by molar-refractivity contribution is 5.48. The van der Waals surface area contributed by atoms with Crippen molar-refractivity contribution < 1.29 is 22.0 Å². The molecule has 90 valence electrons. The Balaban J connectivity index is 3.41. The van der Waals surface area contributed by atoms with Crippen LogP contribution in [0.4, 0.5) is 27.8 Å². The normalized spacial score (nSPS) is 12.2. The summed E-state index contributed by atoms with van der Waals surface area (Å²) in [4.78, 5) is 3.00. The lowest BCUT2D eigenvalue weighted by molar-refractivity contribution is -0.137. The van der Waals surface area contributed by atoms with Gasteiger partial charge in [0.2, 0.25) is 0 Å². The van der Waals surface area contributed by atoms with E-state index in [1.54, 1.807) is 0 Å². The number of nitrogens with two attached hydrogens (primary N) is 2. The highest BCUT2D eigenvalue weighted by atomic mass is 19.4. The number of pyridine rings is 1. The van der Waals surface area contributed by atoms with Gasteiger partial charge in [0, 0.05) is 6.54 Å². The standard InChI is InChI=1S/C8H8F5N3/c9-6(10)4-1-3(2-14)5(7(15)16-4)8(11,12)13/h1,6H,2,14H2,(H2,15,16). The van der Waals surface area contributed by atoms with Crippen LogP contribution in [-0.4, -0.2) is 4.98 Å². The van der Waals surface area contributed by atoms with Crippen LogP contribution in [0.3, 0.4) is 0 Å². The van der Waals surface area contributed by atoms with E-state index in [-0.39, 0.29) is 0 Å². The minimum Gasteiger partial charge on any atom is -0.383 e. The summed E-state index contributed by atoms with van der Waals surface area (Å²) in [5.41, 5.74) is 7.50. The molecule has 0 atom stereocenters. The van der Waals surface area contributed by atoms with Crippen molar-refractivity contribution in [3.63, 3.8) is 0 Å². The van der Waals surface area contributed by atoms with Gasteiger partial charge in [-0.05, 0) is 11.6 Å². The number of hydrogen-bond donors (Lipinski definition) is 2. The highest BCUT2D eigenvalue weighted by Gasteiger charge is 2.37. The smallest absolute Gasteiger partial charge is 0.383 e. The third kappa shape index (κ3) is 2.38. The summed E-state index contributed by atoms with van der Waals surface area (Å²) in [5, 5.41) is 0. The third-order valence-corrected chi connectivity index (χ3v) is 1.88. The lowest BCUT2D eigenvalue weighted by Gasteiger charge is -2.14. The summed E-state index contributed by atoms with van der Waals surface area (Å²) >= 11 is 0. The maximum Gasteiger partial charge on any atom is 0.420 e. The van der Waals surface area contributed by atoms with Crippen molar-refractivity contribution in [2.24, 2.45) is 5.73 Å². The molecule has 0 saturated heterocycles. The van der Waals surface area contributed by atoms with Crippen molar-refractivity contribution >= 4 is 5.82 Å². The molecule has 4 N–H and O–H groups in total. The lowest BCUT2D eigenvalue weighted by Crippen LogP contribution is -2.17. The fourth-order valence-corrected chi connectivity index (χ4v) is 1.24. The molecule has 1 rings (SSSR count). The fourth-order valence-electron chi connectivity index (χ4n) is 1.24. The van der Waals surface area contributed by atoms with E-state index in [9.17, 15) is 22.0 Å². The summed E-state index contributed by atoms with van der Waals surface area (Å²) in [5.74, 6) is -0.981. The van der Waals surface area contributed by atoms with E-state index in [1.807, 2.05) is 0 Å². The van der Waals surface area contributed by atoms with Gasteiger partial charge >= 0.3 is 6.18 Å². The highest BCUT2D eigenvalue weighted by Crippen LogP contribution is 2.36. The monoisotopic (exact) mass is 241 g/mol. The van der Waals surface area contributed by atoms with Gasteiger partial charge in [-0.3, -0.25) is 0 Å². The predicted octanol–water partition coefficient (Wildman–Crippen LogP) is 2.08. The lowest BCUT2D eigenvalue weighted by atomic mass is 10.1. The quantitative estimate of drug-likeness (QED) is 0.779. The molecule has 0 bridgehead atoms. The first kappa shape index (κ1) is 12.6. The summed E-state index contributed by atoms with van der Waals surface area (Å²) in [6.45, 7) is -0.540. The Morgan fingerprint density at radius 2 is 1.88 bits per heavy atom. The van der Waals surface area contributed by atoms with Crippen LogP contribution in [0.2, 0.25) is 0 Å². The van der Waals surface area contributed by atoms with E-state index in [1.165, 1.54) is 0 Å². The Morgan fingerprint density at radius 1 is 1.31 bits per heavy atom. The molecule has 0 unspecified atom stereocenters. The molecule has 0 aliphatic rings. The molecule has 1 aromatic rings. The van der Waals surface area contributed by atoms with Crippen molar-refractivity contribution in [2.45, 2.75) is 19.1 Å². The molecule has 0 radical (unpaired) electrons. The largest absolute Gasteiger partial charge is 0.420 e. The second kappa shape index (κ2) is 4.20. The number of anilines is 1. The zero-order valence-corrected chi connectivity index (χ0v) is 7.85. The molecule has 0 amide bonds. The Kier molecular flexibility index (Phi) is 3.32. The summed E-state index contributed by atoms with van der Waals surface area (Å²) in [6.07, 6.45) is -7.75. The van der Waals surface area contributed by atoms with Crippen LogP contribution in [0.5, 0.6) is 0 Å². The molecule has 1 heterocycles. The van der Waals surface area contributed by atoms with Gasteiger partial charge in [-0.1, -0.05) is 0 Å². The van der Waals surface area contributed by atoms with Gasteiger partial charge in [0.25, 0.3) is 6.43 Å². The first-order valence-electron chi connectivity index (χ1n) is 4.12. The van der Waals surface area contributed by atoms with Crippen molar-refractivity contribution in [1.82, 2.24) is 4.98 Å². The molecular weight excluding hydrogens is 233 g/mol. The maximum atomic E-state index is 12.5. The molecule has 0 aliphatic carbocycles. The number of nitrogens with zero attached hydrogens (tertiary/aromatic N) is 1. The van der Waals surface area contributed by atoms with E-state index in [4.69, 9.17) is 11.5 Å². The molecule has 16 heavy (non-hydrogen) atoms. The van der Waals surface area contributed by atoms with Crippen LogP contribution in [0.25, 0.3) is 0 Å². The molecule has 0 aromatic carbocycles. The van der Waals surface area contributed by atoms with Crippen molar-refractivity contribution in [3.8, 4) is 0 Å². The van der Waals surface area contributed by atoms with Gasteiger partial charge in [-0.2, -0.15) is 13.2 Å². The number of aromatic nitrogens is 1. The van der Waals surface area contributed by atoms with E-state index in [2.05, 4.69) is 4.98 Å². The van der Waals surface area contributed by atoms with Crippen molar-refractivity contribution in [1.29, 1.82) is 0 Å². The van der Waals surface area contributed by atoms with Crippen LogP contribution in [0.15, 0.2) is 6.07 Å². The van der Waals surface area contributed by atoms with Crippen LogP contribution in [0, 0.1) is 0 Å². The average molecular weight is 241 g/mol. The van der Waals surface area contributed by atoms with Crippen LogP contribution in [0.1, 0.15) is 23.2 Å². The fraction of sp³-hybridized carbons (Fsp3) is 0.375. The Morgan fingerprint density at radius 3 is 2.25 bits per heavy atom. The van der Waals surface area contributed by atoms with Gasteiger partial charge in [-0.25, -0.2) is 13.8 Å². The minimum absolute atomic E-state index is 0.490. The number of hydrogen-bond acceptors (Lipinski definition) is 3. The van der Waals surface area contributed by atoms with Crippen molar-refractivity contribution in [3.05, 3.63) is 22.9 Å². The topological polar surface area (TPSA) is 64.9 Å². The third-order valence-electron chi connectivity index (χ3n) is 1.88. The zero-order valence-electron chi connectivity index (χ0n) is 7.85. The Hall–Kier alpha value is -1.44. The molecule has 8 heteroatoms. The molecule has 0 spiro atoms. The molecule has 0 saturated carbocycles. The van der Waals surface area contributed by atoms with Crippen LogP contribution in [-0.2, 0) is 12.7 Å². The van der Waals surface area contributed by atoms with Crippen molar-refractivity contribution in [2.75, 3.05) is 5.73 Å². The Bertz CT molecular complexity index is 388. The molecule has 3 nitrogen and oxygen atoms in total. The van der Waals surface area contributed by atoms with Crippen LogP contribution >= 0.6 is 0 Å². The Labute approximate surface area is 87.3 Å². The second-order valence-electron chi connectivity index (χ2n) is 2.97. The second-order valence-corrected chi connectivity index (χ2v) is 2.97. The molecule has 0 fully saturated rings. The van der Waals surface area contributed by atoms with E-state index >= 15 is 0 Å². The SMILES string of the molecule is NCc1cc(C(F)F)nc(N)c1C(F)(F)F. The van der Waals surface area contributed by atoms with Gasteiger partial charge < -0.3 is 11.5 Å². The van der Waals surface area contributed by atoms with E-state index in [0.29, 0.717) is 6.07 Å². The summed E-state index contributed by atoms with van der Waals surface area (Å²) < 4.78 is 61.9. The van der Waals surface area contributed by atoms with E-state index in [0.717, 1.165) is 0 Å². The number of rotatable bonds is 2. The maximum absolute atomic E-state index is 12.5. The number of halogens is 5. The van der Waals surface area contributed by atoms with E-state index < -0.39 is 41.8 Å². The first-order valence-corrected chi connectivity index (χ1v) is 4.12. The van der Waals surface area contributed by atoms with Gasteiger partial charge in [-0.15, -0.1) is 0 Å². The first-order chi connectivity index (χ1) is 7.27. The van der Waals surface area contributed by atoms with Gasteiger partial charge in [0.1, 0.15) is 17.1 Å². The number of nitrogen functional groups attached to an aromatic ring is 1. The molecular formula is C8H8F5N3. The minimum atomic E-state index is -4.76. The van der Waals surface area contributed by atoms with Gasteiger partial charge in [0.05, 0.1) is 0 Å². The predicted molar refractivity (Wildman–Crippen MR) is 46.5 cm³/mol. The molecule has 1 aromatic heterocycles. The number of alkyl halides is 5. The summed E-state index contributed by atoms with van der Waals surface area (Å²) in [6, 6.07) is 0.615. The van der Waals surface area contributed by atoms with Gasteiger partial charge in [0.15, 0.2) is 0 Å².